The highest BCUT2D eigenvalue weighted by molar-refractivity contribution is 5.63. The summed E-state index contributed by atoms with van der Waals surface area (Å²) in [7, 11) is 2.08. The molecule has 1 N–H and O–H groups in total. The number of rotatable bonds is 6. The van der Waals surface area contributed by atoms with Gasteiger partial charge in [-0.25, -0.2) is 9.97 Å². The van der Waals surface area contributed by atoms with Crippen molar-refractivity contribution < 1.29 is 0 Å². The summed E-state index contributed by atoms with van der Waals surface area (Å²) in [6.07, 6.45) is 2.35. The molecule has 0 aliphatic heterocycles. The van der Waals surface area contributed by atoms with E-state index in [1.165, 1.54) is 24.0 Å². The van der Waals surface area contributed by atoms with Gasteiger partial charge in [-0.1, -0.05) is 31.0 Å². The van der Waals surface area contributed by atoms with Crippen molar-refractivity contribution in [3.63, 3.8) is 0 Å². The molecule has 1 aromatic heterocycles. The van der Waals surface area contributed by atoms with Gasteiger partial charge in [0.15, 0.2) is 0 Å². The van der Waals surface area contributed by atoms with E-state index in [2.05, 4.69) is 66.2 Å². The smallest absolute Gasteiger partial charge is 0.136 e. The Hall–Kier alpha value is -2.10. The monoisotopic (exact) mass is 298 g/mol. The van der Waals surface area contributed by atoms with Crippen molar-refractivity contribution in [2.75, 3.05) is 23.8 Å². The molecular weight excluding hydrogens is 272 g/mol. The van der Waals surface area contributed by atoms with Crippen molar-refractivity contribution in [1.29, 1.82) is 0 Å². The highest BCUT2D eigenvalue weighted by atomic mass is 15.2. The quantitative estimate of drug-likeness (QED) is 0.859. The first-order chi connectivity index (χ1) is 10.5. The lowest BCUT2D eigenvalue weighted by molar-refractivity contribution is 0.756. The maximum Gasteiger partial charge on any atom is 0.136 e. The Morgan fingerprint density at radius 1 is 1.09 bits per heavy atom. The second kappa shape index (κ2) is 7.25. The maximum absolute atomic E-state index is 4.54. The molecule has 0 unspecified atom stereocenters. The van der Waals surface area contributed by atoms with Crippen molar-refractivity contribution in [3.8, 4) is 0 Å². The summed E-state index contributed by atoms with van der Waals surface area (Å²) in [4.78, 5) is 11.2. The van der Waals surface area contributed by atoms with E-state index in [0.717, 1.165) is 29.7 Å². The van der Waals surface area contributed by atoms with E-state index >= 15 is 0 Å². The van der Waals surface area contributed by atoms with Crippen molar-refractivity contribution in [2.45, 2.75) is 40.5 Å². The summed E-state index contributed by atoms with van der Waals surface area (Å²) < 4.78 is 0. The molecule has 0 saturated carbocycles. The molecule has 0 amide bonds. The van der Waals surface area contributed by atoms with Crippen LogP contribution in [0.1, 0.15) is 36.7 Å². The van der Waals surface area contributed by atoms with Gasteiger partial charge in [-0.05, 0) is 38.8 Å². The zero-order valence-corrected chi connectivity index (χ0v) is 14.3. The van der Waals surface area contributed by atoms with E-state index in [1.807, 2.05) is 13.0 Å². The molecular formula is C18H26N4. The predicted octanol–water partition coefficient (Wildman–Crippen LogP) is 4.38. The van der Waals surface area contributed by atoms with Crippen LogP contribution in [0.5, 0.6) is 0 Å². The first-order valence-corrected chi connectivity index (χ1v) is 7.90. The number of aryl methyl sites for hydroxylation is 3. The van der Waals surface area contributed by atoms with Crippen LogP contribution >= 0.6 is 0 Å². The van der Waals surface area contributed by atoms with Crippen LogP contribution in [0.4, 0.5) is 17.3 Å². The molecule has 4 heteroatoms. The maximum atomic E-state index is 4.54. The third-order valence-corrected chi connectivity index (χ3v) is 3.71. The van der Waals surface area contributed by atoms with Crippen LogP contribution < -0.4 is 10.2 Å². The van der Waals surface area contributed by atoms with Crippen LogP contribution in [0.25, 0.3) is 0 Å². The van der Waals surface area contributed by atoms with E-state index in [4.69, 9.17) is 0 Å². The average Bonchev–Trinajstić information content (AvgIpc) is 2.47. The summed E-state index contributed by atoms with van der Waals surface area (Å²) in [6, 6.07) is 8.40. The molecule has 0 spiro atoms. The number of hydrogen-bond donors (Lipinski definition) is 1. The van der Waals surface area contributed by atoms with E-state index in [-0.39, 0.29) is 0 Å². The van der Waals surface area contributed by atoms with Gasteiger partial charge in [0.2, 0.25) is 0 Å². The number of aromatic nitrogens is 2. The van der Waals surface area contributed by atoms with Gasteiger partial charge in [-0.3, -0.25) is 0 Å². The van der Waals surface area contributed by atoms with Crippen molar-refractivity contribution in [1.82, 2.24) is 9.97 Å². The first-order valence-electron chi connectivity index (χ1n) is 7.90. The SMILES string of the molecule is CCCCN(C)c1cc(Nc2ccc(C)cc2C)nc(C)n1. The lowest BCUT2D eigenvalue weighted by Gasteiger charge is -2.19. The minimum absolute atomic E-state index is 0.785. The van der Waals surface area contributed by atoms with Crippen molar-refractivity contribution >= 4 is 17.3 Å². The standard InChI is InChI=1S/C18H26N4/c1-6-7-10-22(5)18-12-17(19-15(4)20-18)21-16-9-8-13(2)11-14(16)3/h8-9,11-12H,6-7,10H2,1-5H3,(H,19,20,21). The normalized spacial score (nSPS) is 10.6. The number of nitrogens with zero attached hydrogens (tertiary/aromatic N) is 3. The van der Waals surface area contributed by atoms with Crippen LogP contribution in [0.2, 0.25) is 0 Å². The third kappa shape index (κ3) is 4.20. The number of anilines is 3. The van der Waals surface area contributed by atoms with Gasteiger partial charge in [-0.2, -0.15) is 0 Å². The topological polar surface area (TPSA) is 41.0 Å². The Kier molecular flexibility index (Phi) is 5.36. The van der Waals surface area contributed by atoms with Crippen LogP contribution in [-0.4, -0.2) is 23.6 Å². The minimum Gasteiger partial charge on any atom is -0.360 e. The molecule has 0 aliphatic rings. The zero-order chi connectivity index (χ0) is 16.1. The fourth-order valence-corrected chi connectivity index (χ4v) is 2.41. The first kappa shape index (κ1) is 16.3. The second-order valence-electron chi connectivity index (χ2n) is 5.88. The van der Waals surface area contributed by atoms with Crippen molar-refractivity contribution in [3.05, 3.63) is 41.2 Å². The molecule has 0 atom stereocenters. The molecule has 0 radical (unpaired) electrons. The van der Waals surface area contributed by atoms with E-state index in [0.29, 0.717) is 0 Å². The Morgan fingerprint density at radius 3 is 2.55 bits per heavy atom. The highest BCUT2D eigenvalue weighted by Gasteiger charge is 2.07. The molecule has 0 aliphatic carbocycles. The summed E-state index contributed by atoms with van der Waals surface area (Å²) in [6.45, 7) is 9.36. The van der Waals surface area contributed by atoms with Crippen LogP contribution in [0.15, 0.2) is 24.3 Å². The molecule has 22 heavy (non-hydrogen) atoms. The molecule has 0 fully saturated rings. The molecule has 0 saturated heterocycles. The van der Waals surface area contributed by atoms with Gasteiger partial charge >= 0.3 is 0 Å². The molecule has 0 bridgehead atoms. The number of nitrogens with one attached hydrogen (secondary N) is 1. The Morgan fingerprint density at radius 2 is 1.86 bits per heavy atom. The second-order valence-corrected chi connectivity index (χ2v) is 5.88. The fourth-order valence-electron chi connectivity index (χ4n) is 2.41. The van der Waals surface area contributed by atoms with Gasteiger partial charge in [-0.15, -0.1) is 0 Å². The average molecular weight is 298 g/mol. The van der Waals surface area contributed by atoms with Crippen molar-refractivity contribution in [2.24, 2.45) is 0 Å². The van der Waals surface area contributed by atoms with Gasteiger partial charge in [0, 0.05) is 25.3 Å². The largest absolute Gasteiger partial charge is 0.360 e. The molecule has 2 aromatic rings. The van der Waals surface area contributed by atoms with E-state index < -0.39 is 0 Å². The lowest BCUT2D eigenvalue weighted by atomic mass is 10.1. The van der Waals surface area contributed by atoms with Crippen LogP contribution in [-0.2, 0) is 0 Å². The van der Waals surface area contributed by atoms with Gasteiger partial charge in [0.05, 0.1) is 0 Å². The summed E-state index contributed by atoms with van der Waals surface area (Å²) in [5.41, 5.74) is 3.57. The van der Waals surface area contributed by atoms with E-state index in [9.17, 15) is 0 Å². The Labute approximate surface area is 133 Å². The van der Waals surface area contributed by atoms with Gasteiger partial charge in [0.25, 0.3) is 0 Å². The predicted molar refractivity (Wildman–Crippen MR) is 94.1 cm³/mol. The molecule has 1 aromatic carbocycles. The zero-order valence-electron chi connectivity index (χ0n) is 14.3. The molecule has 1 heterocycles. The lowest BCUT2D eigenvalue weighted by Crippen LogP contribution is -2.20. The number of benzene rings is 1. The van der Waals surface area contributed by atoms with Gasteiger partial charge in [0.1, 0.15) is 17.5 Å². The summed E-state index contributed by atoms with van der Waals surface area (Å²) in [5, 5.41) is 3.41. The molecule has 118 valence electrons. The number of hydrogen-bond acceptors (Lipinski definition) is 4. The fraction of sp³-hybridized carbons (Fsp3) is 0.444. The van der Waals surface area contributed by atoms with Crippen LogP contribution in [0, 0.1) is 20.8 Å². The highest BCUT2D eigenvalue weighted by Crippen LogP contribution is 2.22. The third-order valence-electron chi connectivity index (χ3n) is 3.71. The summed E-state index contributed by atoms with van der Waals surface area (Å²) >= 11 is 0. The number of unbranched alkanes of at least 4 members (excludes halogenated alkanes) is 1. The molecule has 4 nitrogen and oxygen atoms in total. The van der Waals surface area contributed by atoms with E-state index in [1.54, 1.807) is 0 Å². The molecule has 2 rings (SSSR count). The Balaban J connectivity index is 2.22. The van der Waals surface area contributed by atoms with Gasteiger partial charge < -0.3 is 10.2 Å². The van der Waals surface area contributed by atoms with Crippen LogP contribution in [0.3, 0.4) is 0 Å². The Bertz CT molecular complexity index is 637. The summed E-state index contributed by atoms with van der Waals surface area (Å²) in [5.74, 6) is 2.60. The minimum atomic E-state index is 0.785.